The zero-order chi connectivity index (χ0) is 8.20. The normalized spacial score (nSPS) is 10.2. The molecule has 0 spiro atoms. The fraction of sp³-hybridized carbons (Fsp3) is 0.857. The van der Waals surface area contributed by atoms with Crippen LogP contribution < -0.4 is 11.1 Å². The fourth-order valence-electron chi connectivity index (χ4n) is 0.561. The van der Waals surface area contributed by atoms with Crippen molar-refractivity contribution >= 4 is 5.91 Å². The van der Waals surface area contributed by atoms with E-state index in [0.29, 0.717) is 6.42 Å². The molecule has 4 heteroatoms. The molecule has 0 bridgehead atoms. The molecule has 0 heterocycles. The maximum absolute atomic E-state index is 10.7. The Bertz CT molecular complexity index is 118. The van der Waals surface area contributed by atoms with Crippen molar-refractivity contribution in [3.05, 3.63) is 0 Å². The third-order valence-electron chi connectivity index (χ3n) is 1.28. The first kappa shape index (κ1) is 13.0. The third-order valence-corrected chi connectivity index (χ3v) is 1.28. The van der Waals surface area contributed by atoms with Gasteiger partial charge < -0.3 is 16.5 Å². The van der Waals surface area contributed by atoms with E-state index in [4.69, 9.17) is 5.73 Å². The molecular formula is C7H18N2O2. The lowest BCUT2D eigenvalue weighted by Crippen LogP contribution is -2.33. The highest BCUT2D eigenvalue weighted by Crippen LogP contribution is 2.05. The summed E-state index contributed by atoms with van der Waals surface area (Å²) in [6.45, 7) is 3.83. The van der Waals surface area contributed by atoms with Gasteiger partial charge in [0.15, 0.2) is 0 Å². The Balaban J connectivity index is 0. The van der Waals surface area contributed by atoms with Crippen LogP contribution in [-0.4, -0.2) is 24.0 Å². The molecule has 0 fully saturated rings. The lowest BCUT2D eigenvalue weighted by Gasteiger charge is -2.16. The van der Waals surface area contributed by atoms with Crippen LogP contribution in [0.5, 0.6) is 0 Å². The van der Waals surface area contributed by atoms with Gasteiger partial charge in [0.25, 0.3) is 0 Å². The van der Waals surface area contributed by atoms with E-state index < -0.39 is 0 Å². The van der Waals surface area contributed by atoms with Crippen LogP contribution in [0.4, 0.5) is 0 Å². The summed E-state index contributed by atoms with van der Waals surface area (Å²) in [6, 6.07) is 0. The molecule has 0 rings (SSSR count). The van der Waals surface area contributed by atoms with E-state index in [1.54, 1.807) is 7.05 Å². The summed E-state index contributed by atoms with van der Waals surface area (Å²) in [5.74, 6) is 0.0542. The summed E-state index contributed by atoms with van der Waals surface area (Å²) >= 11 is 0. The highest BCUT2D eigenvalue weighted by molar-refractivity contribution is 5.75. The molecule has 0 radical (unpaired) electrons. The van der Waals surface area contributed by atoms with Crippen molar-refractivity contribution in [2.75, 3.05) is 7.05 Å². The Morgan fingerprint density at radius 1 is 1.55 bits per heavy atom. The van der Waals surface area contributed by atoms with Crippen molar-refractivity contribution in [2.24, 2.45) is 5.73 Å². The number of carbonyl (C=O) groups is 1. The summed E-state index contributed by atoms with van der Waals surface area (Å²) in [5, 5.41) is 2.54. The van der Waals surface area contributed by atoms with E-state index in [9.17, 15) is 4.79 Å². The second kappa shape index (κ2) is 5.09. The Morgan fingerprint density at radius 2 is 2.00 bits per heavy atom. The molecule has 0 aliphatic rings. The van der Waals surface area contributed by atoms with E-state index in [0.717, 1.165) is 6.42 Å². The first-order valence-electron chi connectivity index (χ1n) is 3.45. The molecule has 0 unspecified atom stereocenters. The fourth-order valence-corrected chi connectivity index (χ4v) is 0.561. The summed E-state index contributed by atoms with van der Waals surface area (Å²) in [4.78, 5) is 10.7. The standard InChI is InChI=1S/C7H16N2O.H2O/c1-7(2,8)5-4-6(10)9-3;/h4-5,8H2,1-3H3,(H,9,10);1H2. The van der Waals surface area contributed by atoms with Crippen LogP contribution in [-0.2, 0) is 4.79 Å². The molecule has 0 aromatic carbocycles. The van der Waals surface area contributed by atoms with Crippen molar-refractivity contribution < 1.29 is 10.3 Å². The molecule has 68 valence electrons. The van der Waals surface area contributed by atoms with Crippen LogP contribution in [0, 0.1) is 0 Å². The lowest BCUT2D eigenvalue weighted by molar-refractivity contribution is -0.120. The van der Waals surface area contributed by atoms with Crippen LogP contribution in [0.15, 0.2) is 0 Å². The van der Waals surface area contributed by atoms with Crippen molar-refractivity contribution in [2.45, 2.75) is 32.2 Å². The van der Waals surface area contributed by atoms with E-state index in [-0.39, 0.29) is 16.9 Å². The molecule has 0 aromatic rings. The van der Waals surface area contributed by atoms with E-state index in [2.05, 4.69) is 5.32 Å². The van der Waals surface area contributed by atoms with E-state index >= 15 is 0 Å². The van der Waals surface area contributed by atoms with Crippen LogP contribution in [0.1, 0.15) is 26.7 Å². The van der Waals surface area contributed by atoms with Gasteiger partial charge >= 0.3 is 0 Å². The minimum Gasteiger partial charge on any atom is -0.412 e. The highest BCUT2D eigenvalue weighted by Gasteiger charge is 2.11. The number of nitrogens with two attached hydrogens (primary N) is 1. The topological polar surface area (TPSA) is 86.6 Å². The van der Waals surface area contributed by atoms with Crippen LogP contribution >= 0.6 is 0 Å². The van der Waals surface area contributed by atoms with Gasteiger partial charge in [-0.15, -0.1) is 0 Å². The summed E-state index contributed by atoms with van der Waals surface area (Å²) in [7, 11) is 1.63. The van der Waals surface area contributed by atoms with Gasteiger partial charge in [-0.1, -0.05) is 0 Å². The van der Waals surface area contributed by atoms with Crippen LogP contribution in [0.25, 0.3) is 0 Å². The predicted octanol–water partition coefficient (Wildman–Crippen LogP) is -0.575. The smallest absolute Gasteiger partial charge is 0.219 e. The number of carbonyl (C=O) groups excluding carboxylic acids is 1. The van der Waals surface area contributed by atoms with Gasteiger partial charge in [0.2, 0.25) is 5.91 Å². The van der Waals surface area contributed by atoms with Crippen molar-refractivity contribution in [3.8, 4) is 0 Å². The first-order valence-corrected chi connectivity index (χ1v) is 3.45. The largest absolute Gasteiger partial charge is 0.412 e. The lowest BCUT2D eigenvalue weighted by atomic mass is 10.00. The Kier molecular flexibility index (Phi) is 6.03. The molecule has 0 atom stereocenters. The maximum Gasteiger partial charge on any atom is 0.219 e. The van der Waals surface area contributed by atoms with Gasteiger partial charge in [-0.2, -0.15) is 0 Å². The van der Waals surface area contributed by atoms with Crippen molar-refractivity contribution in [1.29, 1.82) is 0 Å². The minimum atomic E-state index is -0.230. The quantitative estimate of drug-likeness (QED) is 0.582. The molecule has 0 aliphatic carbocycles. The molecule has 4 nitrogen and oxygen atoms in total. The maximum atomic E-state index is 10.7. The van der Waals surface area contributed by atoms with Gasteiger partial charge in [0.1, 0.15) is 0 Å². The Morgan fingerprint density at radius 3 is 2.27 bits per heavy atom. The number of hydrogen-bond donors (Lipinski definition) is 2. The molecule has 0 aliphatic heterocycles. The van der Waals surface area contributed by atoms with Gasteiger partial charge in [-0.25, -0.2) is 0 Å². The van der Waals surface area contributed by atoms with Gasteiger partial charge in [0, 0.05) is 19.0 Å². The summed E-state index contributed by atoms with van der Waals surface area (Å²) in [6.07, 6.45) is 1.24. The SMILES string of the molecule is CNC(=O)CCC(C)(C)N.O. The molecular weight excluding hydrogens is 144 g/mol. The van der Waals surface area contributed by atoms with Gasteiger partial charge in [-0.05, 0) is 20.3 Å². The molecule has 11 heavy (non-hydrogen) atoms. The second-order valence-corrected chi connectivity index (χ2v) is 3.16. The second-order valence-electron chi connectivity index (χ2n) is 3.16. The average molecular weight is 162 g/mol. The van der Waals surface area contributed by atoms with Crippen molar-refractivity contribution in [1.82, 2.24) is 5.32 Å². The Hall–Kier alpha value is -0.610. The predicted molar refractivity (Wildman–Crippen MR) is 45.2 cm³/mol. The van der Waals surface area contributed by atoms with Gasteiger partial charge in [0.05, 0.1) is 0 Å². The molecule has 5 N–H and O–H groups in total. The van der Waals surface area contributed by atoms with Crippen LogP contribution in [0.3, 0.4) is 0 Å². The van der Waals surface area contributed by atoms with Crippen LogP contribution in [0.2, 0.25) is 0 Å². The summed E-state index contributed by atoms with van der Waals surface area (Å²) < 4.78 is 0. The first-order chi connectivity index (χ1) is 4.45. The minimum absolute atomic E-state index is 0. The monoisotopic (exact) mass is 162 g/mol. The van der Waals surface area contributed by atoms with Gasteiger partial charge in [-0.3, -0.25) is 4.79 Å². The molecule has 0 saturated carbocycles. The number of rotatable bonds is 3. The zero-order valence-electron chi connectivity index (χ0n) is 7.40. The molecule has 1 amide bonds. The number of amides is 1. The molecule has 0 saturated heterocycles. The van der Waals surface area contributed by atoms with E-state index in [1.807, 2.05) is 13.8 Å². The third kappa shape index (κ3) is 9.39. The summed E-state index contributed by atoms with van der Waals surface area (Å²) in [5.41, 5.74) is 5.43. The zero-order valence-corrected chi connectivity index (χ0v) is 7.40. The highest BCUT2D eigenvalue weighted by atomic mass is 16.1. The molecule has 0 aromatic heterocycles. The number of nitrogens with one attached hydrogen (secondary N) is 1. The van der Waals surface area contributed by atoms with Crippen molar-refractivity contribution in [3.63, 3.8) is 0 Å². The van der Waals surface area contributed by atoms with E-state index in [1.165, 1.54) is 0 Å². The number of hydrogen-bond acceptors (Lipinski definition) is 2. The average Bonchev–Trinajstić information content (AvgIpc) is 1.81. The Labute approximate surface area is 67.5 Å².